The first-order valence-electron chi connectivity index (χ1n) is 23.5. The van der Waals surface area contributed by atoms with Gasteiger partial charge >= 0.3 is 0 Å². The molecule has 0 aromatic carbocycles. The zero-order chi connectivity index (χ0) is 40.7. The Bertz CT molecular complexity index is 917. The number of carbonyl (C=O) groups is 4. The summed E-state index contributed by atoms with van der Waals surface area (Å²) in [5.74, 6) is -0.417. The summed E-state index contributed by atoms with van der Waals surface area (Å²) in [5, 5.41) is 3.09. The van der Waals surface area contributed by atoms with Crippen LogP contribution in [-0.4, -0.2) is 98.0 Å². The fourth-order valence-corrected chi connectivity index (χ4v) is 7.79. The van der Waals surface area contributed by atoms with Crippen LogP contribution in [0.25, 0.3) is 0 Å². The summed E-state index contributed by atoms with van der Waals surface area (Å²) in [7, 11) is 0. The summed E-state index contributed by atoms with van der Waals surface area (Å²) >= 11 is 1.20. The highest BCUT2D eigenvalue weighted by Crippen LogP contribution is 2.18. The van der Waals surface area contributed by atoms with E-state index in [9.17, 15) is 19.2 Å². The van der Waals surface area contributed by atoms with Crippen LogP contribution in [0.1, 0.15) is 200 Å². The highest BCUT2D eigenvalue weighted by molar-refractivity contribution is 8.13. The predicted molar refractivity (Wildman–Crippen MR) is 235 cm³/mol. The van der Waals surface area contributed by atoms with Crippen LogP contribution >= 0.6 is 11.8 Å². The van der Waals surface area contributed by atoms with Crippen molar-refractivity contribution in [3.63, 3.8) is 0 Å². The van der Waals surface area contributed by atoms with Crippen LogP contribution in [0.4, 0.5) is 0 Å². The minimum atomic E-state index is -0.471. The number of amides is 3. The SMILES string of the molecule is CCCCCCCCCCCCCCCC(=O)N1CCN(C(=O)CCCCCCCCCCCCCCC)CC(C(=O)NCCOCCOCCC(=O)SC)C1. The summed E-state index contributed by atoms with van der Waals surface area (Å²) in [6, 6.07) is 0. The lowest BCUT2D eigenvalue weighted by atomic mass is 10.0. The van der Waals surface area contributed by atoms with E-state index in [0.29, 0.717) is 78.4 Å². The van der Waals surface area contributed by atoms with Crippen LogP contribution in [0.5, 0.6) is 0 Å². The zero-order valence-corrected chi connectivity index (χ0v) is 37.5. The van der Waals surface area contributed by atoms with Gasteiger partial charge in [-0.15, -0.1) is 0 Å². The number of nitrogens with zero attached hydrogens (tertiary/aromatic N) is 2. The van der Waals surface area contributed by atoms with Crippen LogP contribution in [0.3, 0.4) is 0 Å². The second-order valence-corrected chi connectivity index (χ2v) is 17.1. The molecule has 1 aliphatic heterocycles. The lowest BCUT2D eigenvalue weighted by Crippen LogP contribution is -2.44. The van der Waals surface area contributed by atoms with Crippen LogP contribution in [0, 0.1) is 5.92 Å². The maximum absolute atomic E-state index is 13.4. The molecule has 0 radical (unpaired) electrons. The van der Waals surface area contributed by atoms with Crippen molar-refractivity contribution in [2.75, 3.05) is 65.4 Å². The fraction of sp³-hybridized carbons (Fsp3) is 0.913. The molecule has 0 aromatic heterocycles. The van der Waals surface area contributed by atoms with Crippen molar-refractivity contribution in [2.45, 2.75) is 200 Å². The maximum Gasteiger partial charge on any atom is 0.226 e. The summed E-state index contributed by atoms with van der Waals surface area (Å²) in [5.41, 5.74) is 0. The van der Waals surface area contributed by atoms with Gasteiger partial charge in [0.15, 0.2) is 5.12 Å². The average molecular weight is 810 g/mol. The Kier molecular flexibility index (Phi) is 36.3. The van der Waals surface area contributed by atoms with Crippen molar-refractivity contribution in [2.24, 2.45) is 5.92 Å². The van der Waals surface area contributed by atoms with Gasteiger partial charge in [-0.1, -0.05) is 180 Å². The molecular weight excluding hydrogens is 723 g/mol. The van der Waals surface area contributed by atoms with Gasteiger partial charge in [-0.25, -0.2) is 0 Å². The van der Waals surface area contributed by atoms with E-state index in [0.717, 1.165) is 25.7 Å². The third kappa shape index (κ3) is 30.4. The highest BCUT2D eigenvalue weighted by atomic mass is 32.2. The summed E-state index contributed by atoms with van der Waals surface area (Å²) in [6.07, 6.45) is 36.1. The number of rotatable bonds is 38. The molecule has 0 aromatic rings. The Labute approximate surface area is 348 Å². The molecule has 9 nitrogen and oxygen atoms in total. The van der Waals surface area contributed by atoms with Gasteiger partial charge in [0.1, 0.15) is 0 Å². The third-order valence-electron chi connectivity index (χ3n) is 11.2. The molecule has 1 aliphatic rings. The third-order valence-corrected chi connectivity index (χ3v) is 11.8. The number of ether oxygens (including phenoxy) is 2. The number of hydrogen-bond acceptors (Lipinski definition) is 7. The number of nitrogens with one attached hydrogen (secondary N) is 1. The molecule has 0 spiro atoms. The lowest BCUT2D eigenvalue weighted by Gasteiger charge is -2.24. The van der Waals surface area contributed by atoms with E-state index in [4.69, 9.17) is 9.47 Å². The van der Waals surface area contributed by atoms with E-state index in [1.165, 1.54) is 153 Å². The van der Waals surface area contributed by atoms with Crippen LogP contribution < -0.4 is 5.32 Å². The molecule has 328 valence electrons. The van der Waals surface area contributed by atoms with E-state index in [2.05, 4.69) is 19.2 Å². The van der Waals surface area contributed by atoms with Crippen molar-refractivity contribution in [1.82, 2.24) is 15.1 Å². The second-order valence-electron chi connectivity index (χ2n) is 16.2. The quantitative estimate of drug-likeness (QED) is 0.0619. The lowest BCUT2D eigenvalue weighted by molar-refractivity contribution is -0.133. The van der Waals surface area contributed by atoms with Gasteiger partial charge in [0, 0.05) is 52.0 Å². The van der Waals surface area contributed by atoms with Crippen molar-refractivity contribution in [3.8, 4) is 0 Å². The molecular formula is C46H87N3O6S. The first-order valence-corrected chi connectivity index (χ1v) is 24.7. The maximum atomic E-state index is 13.4. The minimum Gasteiger partial charge on any atom is -0.379 e. The highest BCUT2D eigenvalue weighted by Gasteiger charge is 2.31. The Hall–Kier alpha value is -1.65. The minimum absolute atomic E-state index is 0.0965. The van der Waals surface area contributed by atoms with Gasteiger partial charge in [0.05, 0.1) is 32.3 Å². The number of thioether (sulfide) groups is 1. The Morgan fingerprint density at radius 2 is 0.857 bits per heavy atom. The van der Waals surface area contributed by atoms with Gasteiger partial charge in [0.25, 0.3) is 0 Å². The molecule has 0 aliphatic carbocycles. The molecule has 1 heterocycles. The molecule has 0 saturated carbocycles. The first-order chi connectivity index (χ1) is 27.4. The smallest absolute Gasteiger partial charge is 0.226 e. The van der Waals surface area contributed by atoms with Gasteiger partial charge in [0.2, 0.25) is 17.7 Å². The average Bonchev–Trinajstić information content (AvgIpc) is 3.44. The molecule has 3 amide bonds. The molecule has 0 bridgehead atoms. The molecule has 1 saturated heterocycles. The standard InChI is InChI=1S/C46H87N3O6S/c1-4-6-8-10-12-14-16-18-20-22-24-26-28-30-43(50)48-34-35-49(44(51)31-29-27-25-23-21-19-17-15-13-11-9-7-5-2)41-42(40-48)46(53)47-33-37-55-39-38-54-36-32-45(52)56-3/h42H,4-41H2,1-3H3,(H,47,53). The molecule has 1 rings (SSSR count). The summed E-state index contributed by atoms with van der Waals surface area (Å²) in [6.45, 7) is 8.03. The van der Waals surface area contributed by atoms with Crippen LogP contribution in [0.15, 0.2) is 0 Å². The van der Waals surface area contributed by atoms with Crippen molar-refractivity contribution in [3.05, 3.63) is 0 Å². The van der Waals surface area contributed by atoms with Gasteiger partial charge in [-0.3, -0.25) is 19.2 Å². The largest absolute Gasteiger partial charge is 0.379 e. The normalized spacial score (nSPS) is 13.6. The number of unbranched alkanes of at least 4 members (excludes halogenated alkanes) is 24. The number of hydrogen-bond donors (Lipinski definition) is 1. The molecule has 0 atom stereocenters. The van der Waals surface area contributed by atoms with Crippen LogP contribution in [-0.2, 0) is 28.7 Å². The Morgan fingerprint density at radius 1 is 0.500 bits per heavy atom. The molecule has 56 heavy (non-hydrogen) atoms. The van der Waals surface area contributed by atoms with E-state index < -0.39 is 5.92 Å². The van der Waals surface area contributed by atoms with E-state index in [1.807, 2.05) is 9.80 Å². The topological polar surface area (TPSA) is 105 Å². The molecule has 0 unspecified atom stereocenters. The van der Waals surface area contributed by atoms with E-state index in [1.54, 1.807) is 6.26 Å². The Balaban J connectivity index is 2.45. The van der Waals surface area contributed by atoms with Gasteiger partial charge in [-0.2, -0.15) is 0 Å². The second kappa shape index (κ2) is 38.8. The van der Waals surface area contributed by atoms with Gasteiger partial charge < -0.3 is 24.6 Å². The first kappa shape index (κ1) is 52.4. The predicted octanol–water partition coefficient (Wildman–Crippen LogP) is 10.7. The zero-order valence-electron chi connectivity index (χ0n) is 36.7. The van der Waals surface area contributed by atoms with E-state index >= 15 is 0 Å². The van der Waals surface area contributed by atoms with E-state index in [-0.39, 0.29) is 22.8 Å². The van der Waals surface area contributed by atoms with Gasteiger partial charge in [-0.05, 0) is 19.1 Å². The summed E-state index contributed by atoms with van der Waals surface area (Å²) < 4.78 is 11.1. The molecule has 10 heteroatoms. The molecule has 1 fully saturated rings. The van der Waals surface area contributed by atoms with Crippen LogP contribution in [0.2, 0.25) is 0 Å². The molecule has 1 N–H and O–H groups in total. The fourth-order valence-electron chi connectivity index (χ4n) is 7.51. The van der Waals surface area contributed by atoms with Crippen molar-refractivity contribution >= 4 is 34.6 Å². The monoisotopic (exact) mass is 810 g/mol. The summed E-state index contributed by atoms with van der Waals surface area (Å²) in [4.78, 5) is 55.3. The number of carbonyl (C=O) groups excluding carboxylic acids is 4. The van der Waals surface area contributed by atoms with Crippen molar-refractivity contribution in [1.29, 1.82) is 0 Å². The Morgan fingerprint density at radius 3 is 1.23 bits per heavy atom. The van der Waals surface area contributed by atoms with Crippen molar-refractivity contribution < 1.29 is 28.7 Å².